The van der Waals surface area contributed by atoms with Crippen LogP contribution in [0.5, 0.6) is 0 Å². The lowest BCUT2D eigenvalue weighted by Gasteiger charge is -2.11. The van der Waals surface area contributed by atoms with Crippen molar-refractivity contribution in [2.75, 3.05) is 19.4 Å². The Kier molecular flexibility index (Phi) is 5.77. The lowest BCUT2D eigenvalue weighted by molar-refractivity contribution is -0.127. The molecule has 8 heteroatoms. The van der Waals surface area contributed by atoms with Gasteiger partial charge in [-0.15, -0.1) is 0 Å². The van der Waals surface area contributed by atoms with Gasteiger partial charge < -0.3 is 14.6 Å². The highest BCUT2D eigenvalue weighted by Gasteiger charge is 2.19. The van der Waals surface area contributed by atoms with Crippen LogP contribution in [0.2, 0.25) is 0 Å². The predicted octanol–water partition coefficient (Wildman–Crippen LogP) is 4.16. The van der Waals surface area contributed by atoms with E-state index in [1.165, 1.54) is 0 Å². The number of fused-ring (bicyclic) bond motifs is 1. The topological polar surface area (TPSA) is 93.3 Å². The van der Waals surface area contributed by atoms with Gasteiger partial charge in [-0.2, -0.15) is 5.10 Å². The number of likely N-dealkylation sites (N-methyl/N-ethyl adjacent to an activating group) is 1. The van der Waals surface area contributed by atoms with Crippen molar-refractivity contribution in [1.29, 1.82) is 0 Å². The third-order valence-electron chi connectivity index (χ3n) is 5.14. The van der Waals surface area contributed by atoms with Gasteiger partial charge in [-0.1, -0.05) is 12.1 Å². The van der Waals surface area contributed by atoms with Gasteiger partial charge in [-0.3, -0.25) is 9.59 Å². The maximum absolute atomic E-state index is 13.2. The fourth-order valence-corrected chi connectivity index (χ4v) is 3.37. The van der Waals surface area contributed by atoms with E-state index >= 15 is 0 Å². The molecule has 1 aromatic carbocycles. The average Bonchev–Trinajstić information content (AvgIpc) is 3.44. The third-order valence-corrected chi connectivity index (χ3v) is 5.14. The van der Waals surface area contributed by atoms with Gasteiger partial charge in [0.2, 0.25) is 5.91 Å². The first-order valence-corrected chi connectivity index (χ1v) is 10.4. The summed E-state index contributed by atoms with van der Waals surface area (Å²) in [6, 6.07) is 12.6. The fraction of sp³-hybridized carbons (Fsp3) is 0.250. The predicted molar refractivity (Wildman–Crippen MR) is 122 cm³/mol. The van der Waals surface area contributed by atoms with Crippen LogP contribution >= 0.6 is 0 Å². The Labute approximate surface area is 185 Å². The van der Waals surface area contributed by atoms with Gasteiger partial charge in [-0.05, 0) is 49.7 Å². The van der Waals surface area contributed by atoms with Crippen molar-refractivity contribution in [1.82, 2.24) is 19.7 Å². The van der Waals surface area contributed by atoms with Crippen molar-refractivity contribution < 1.29 is 14.0 Å². The average molecular weight is 431 g/mol. The molecule has 3 aromatic heterocycles. The second kappa shape index (κ2) is 8.66. The molecular weight excluding hydrogens is 406 g/mol. The molecule has 32 heavy (non-hydrogen) atoms. The van der Waals surface area contributed by atoms with Gasteiger partial charge in [0.25, 0.3) is 5.91 Å². The minimum Gasteiger partial charge on any atom is -0.463 e. The number of pyridine rings is 1. The molecule has 0 spiro atoms. The van der Waals surface area contributed by atoms with E-state index in [1.54, 1.807) is 66.5 Å². The molecule has 2 amide bonds. The van der Waals surface area contributed by atoms with Gasteiger partial charge in [0.05, 0.1) is 29.8 Å². The molecule has 0 bridgehead atoms. The maximum Gasteiger partial charge on any atom is 0.256 e. The van der Waals surface area contributed by atoms with E-state index < -0.39 is 0 Å². The first kappa shape index (κ1) is 21.3. The highest BCUT2D eigenvalue weighted by molar-refractivity contribution is 6.12. The monoisotopic (exact) mass is 431 g/mol. The molecule has 0 atom stereocenters. The molecule has 0 saturated carbocycles. The van der Waals surface area contributed by atoms with Crippen LogP contribution in [0.4, 0.5) is 5.69 Å². The molecule has 0 aliphatic rings. The number of benzene rings is 1. The zero-order chi connectivity index (χ0) is 22.8. The summed E-state index contributed by atoms with van der Waals surface area (Å²) >= 11 is 0. The van der Waals surface area contributed by atoms with Crippen molar-refractivity contribution in [3.8, 4) is 11.5 Å². The number of aromatic nitrogens is 3. The molecule has 0 aliphatic carbocycles. The zero-order valence-corrected chi connectivity index (χ0v) is 18.5. The van der Waals surface area contributed by atoms with Crippen LogP contribution in [-0.2, 0) is 11.2 Å². The normalized spacial score (nSPS) is 11.2. The number of hydrogen-bond donors (Lipinski definition) is 1. The molecule has 0 unspecified atom stereocenters. The summed E-state index contributed by atoms with van der Waals surface area (Å²) < 4.78 is 7.29. The summed E-state index contributed by atoms with van der Waals surface area (Å²) in [6.07, 6.45) is 3.55. The number of carbonyl (C=O) groups is 2. The summed E-state index contributed by atoms with van der Waals surface area (Å²) in [7, 11) is 3.45. The smallest absolute Gasteiger partial charge is 0.256 e. The molecule has 4 rings (SSSR count). The summed E-state index contributed by atoms with van der Waals surface area (Å²) in [5, 5.41) is 8.03. The Hall–Kier alpha value is -3.94. The van der Waals surface area contributed by atoms with Crippen LogP contribution in [0, 0.1) is 0 Å². The standard InChI is InChI=1S/C24H25N5O3/c1-15(2)29-23-19(14-25-29)18(13-20(27-23)21-6-5-11-32-21)24(31)26-17-9-7-16(8-10-17)12-22(30)28(3)4/h5-11,13-15H,12H2,1-4H3,(H,26,31). The molecule has 0 saturated heterocycles. The van der Waals surface area contributed by atoms with Crippen molar-refractivity contribution >= 4 is 28.5 Å². The summed E-state index contributed by atoms with van der Waals surface area (Å²) in [5.41, 5.74) is 3.16. The minimum atomic E-state index is -0.273. The highest BCUT2D eigenvalue weighted by Crippen LogP contribution is 2.27. The van der Waals surface area contributed by atoms with Gasteiger partial charge >= 0.3 is 0 Å². The molecule has 8 nitrogen and oxygen atoms in total. The largest absolute Gasteiger partial charge is 0.463 e. The molecule has 0 aliphatic heterocycles. The number of nitrogens with zero attached hydrogens (tertiary/aromatic N) is 4. The lowest BCUT2D eigenvalue weighted by Crippen LogP contribution is -2.23. The Morgan fingerprint density at radius 3 is 2.53 bits per heavy atom. The van der Waals surface area contributed by atoms with Gasteiger partial charge in [0, 0.05) is 25.8 Å². The molecule has 0 fully saturated rings. The van der Waals surface area contributed by atoms with E-state index in [0.29, 0.717) is 40.2 Å². The van der Waals surface area contributed by atoms with Crippen molar-refractivity contribution in [3.05, 3.63) is 66.1 Å². The second-order valence-electron chi connectivity index (χ2n) is 8.07. The second-order valence-corrected chi connectivity index (χ2v) is 8.07. The van der Waals surface area contributed by atoms with Gasteiger partial charge in [0.1, 0.15) is 5.69 Å². The number of hydrogen-bond acceptors (Lipinski definition) is 5. The SMILES string of the molecule is CC(C)n1ncc2c(C(=O)Nc3ccc(CC(=O)N(C)C)cc3)cc(-c3ccco3)nc21. The van der Waals surface area contributed by atoms with Crippen molar-refractivity contribution in [2.45, 2.75) is 26.3 Å². The first-order valence-electron chi connectivity index (χ1n) is 10.4. The van der Waals surface area contributed by atoms with E-state index in [-0.39, 0.29) is 17.9 Å². The Morgan fingerprint density at radius 1 is 1.16 bits per heavy atom. The van der Waals surface area contributed by atoms with Crippen molar-refractivity contribution in [3.63, 3.8) is 0 Å². The molecule has 164 valence electrons. The van der Waals surface area contributed by atoms with E-state index in [1.807, 2.05) is 26.0 Å². The van der Waals surface area contributed by atoms with E-state index in [4.69, 9.17) is 9.40 Å². The quantitative estimate of drug-likeness (QED) is 0.495. The Bertz CT molecular complexity index is 1260. The van der Waals surface area contributed by atoms with E-state index in [2.05, 4.69) is 10.4 Å². The third kappa shape index (κ3) is 4.25. The first-order chi connectivity index (χ1) is 15.3. The molecule has 4 aromatic rings. The Morgan fingerprint density at radius 2 is 1.91 bits per heavy atom. The Balaban J connectivity index is 1.65. The zero-order valence-electron chi connectivity index (χ0n) is 18.5. The number of nitrogens with one attached hydrogen (secondary N) is 1. The number of rotatable bonds is 6. The van der Waals surface area contributed by atoms with E-state index in [0.717, 1.165) is 5.56 Å². The summed E-state index contributed by atoms with van der Waals surface area (Å²) in [6.45, 7) is 4.02. The highest BCUT2D eigenvalue weighted by atomic mass is 16.3. The molecule has 0 radical (unpaired) electrons. The summed E-state index contributed by atoms with van der Waals surface area (Å²) in [4.78, 5) is 31.4. The minimum absolute atomic E-state index is 0.0218. The summed E-state index contributed by atoms with van der Waals surface area (Å²) in [5.74, 6) is 0.326. The van der Waals surface area contributed by atoms with Crippen LogP contribution in [0.3, 0.4) is 0 Å². The van der Waals surface area contributed by atoms with Crippen LogP contribution in [0.1, 0.15) is 35.8 Å². The van der Waals surface area contributed by atoms with Gasteiger partial charge in [-0.25, -0.2) is 9.67 Å². The van der Waals surface area contributed by atoms with Gasteiger partial charge in [0.15, 0.2) is 11.4 Å². The maximum atomic E-state index is 13.2. The molecule has 3 heterocycles. The number of amides is 2. The number of carbonyl (C=O) groups excluding carboxylic acids is 2. The molecular formula is C24H25N5O3. The number of furan rings is 1. The van der Waals surface area contributed by atoms with Crippen LogP contribution in [0.15, 0.2) is 59.3 Å². The molecule has 1 N–H and O–H groups in total. The van der Waals surface area contributed by atoms with Crippen LogP contribution < -0.4 is 5.32 Å². The van der Waals surface area contributed by atoms with E-state index in [9.17, 15) is 9.59 Å². The van der Waals surface area contributed by atoms with Crippen LogP contribution in [-0.4, -0.2) is 45.6 Å². The lowest BCUT2D eigenvalue weighted by atomic mass is 10.1. The number of anilines is 1. The fourth-order valence-electron chi connectivity index (χ4n) is 3.37. The van der Waals surface area contributed by atoms with Crippen molar-refractivity contribution in [2.24, 2.45) is 0 Å². The van der Waals surface area contributed by atoms with Crippen LogP contribution in [0.25, 0.3) is 22.5 Å².